The Hall–Kier alpha value is -7.97. The van der Waals surface area contributed by atoms with Gasteiger partial charge in [0.1, 0.15) is 39.1 Å². The molecule has 0 spiro atoms. The molecule has 0 aliphatic carbocycles. The first-order valence-electron chi connectivity index (χ1n) is 18.7. The van der Waals surface area contributed by atoms with E-state index in [0.717, 1.165) is 93.9 Å². The number of para-hydroxylation sites is 2. The molecular weight excluding hydrogens is 707 g/mol. The van der Waals surface area contributed by atoms with E-state index in [1.165, 1.54) is 0 Å². The molecule has 8 nitrogen and oxygen atoms in total. The standard InChI is InChI=1S/C49H27N5O3/c1-3-12-28(13-4-1)43-45-44(34-17-8-10-20-38(34)57-45)51-49(50-43)35-18-11-21-40-42(35)36-26-30(23-25-39(36)55-40)47-52-46(29-14-5-2-6-15-29)53-48(54-47)31-22-24-33-32-16-7-9-19-37(32)56-41(33)27-31/h1-27H. The molecule has 266 valence electrons. The van der Waals surface area contributed by atoms with Crippen molar-refractivity contribution in [1.29, 1.82) is 0 Å². The second-order valence-electron chi connectivity index (χ2n) is 14.0. The van der Waals surface area contributed by atoms with Gasteiger partial charge in [-0.05, 0) is 54.6 Å². The highest BCUT2D eigenvalue weighted by molar-refractivity contribution is 6.14. The molecule has 12 rings (SSSR count). The maximum Gasteiger partial charge on any atom is 0.180 e. The highest BCUT2D eigenvalue weighted by atomic mass is 16.3. The molecule has 5 heterocycles. The summed E-state index contributed by atoms with van der Waals surface area (Å²) in [5.74, 6) is 2.22. The largest absolute Gasteiger partial charge is 0.456 e. The van der Waals surface area contributed by atoms with Gasteiger partial charge in [0.25, 0.3) is 0 Å². The minimum absolute atomic E-state index is 0.534. The minimum Gasteiger partial charge on any atom is -0.456 e. The van der Waals surface area contributed by atoms with Crippen LogP contribution in [0.25, 0.3) is 123 Å². The van der Waals surface area contributed by atoms with E-state index in [1.807, 2.05) is 146 Å². The van der Waals surface area contributed by atoms with Crippen molar-refractivity contribution in [1.82, 2.24) is 24.9 Å². The third-order valence-electron chi connectivity index (χ3n) is 10.6. The molecule has 0 N–H and O–H groups in total. The fourth-order valence-electron chi connectivity index (χ4n) is 7.87. The van der Waals surface area contributed by atoms with Crippen LogP contribution in [0.4, 0.5) is 0 Å². The molecule has 0 aliphatic heterocycles. The van der Waals surface area contributed by atoms with Gasteiger partial charge in [-0.3, -0.25) is 0 Å². The molecule has 5 aromatic heterocycles. The Kier molecular flexibility index (Phi) is 6.76. The summed E-state index contributed by atoms with van der Waals surface area (Å²) in [5, 5.41) is 4.83. The first kappa shape index (κ1) is 31.4. The zero-order valence-electron chi connectivity index (χ0n) is 30.0. The lowest BCUT2D eigenvalue weighted by Gasteiger charge is -2.09. The smallest absolute Gasteiger partial charge is 0.180 e. The van der Waals surface area contributed by atoms with Crippen LogP contribution in [0.1, 0.15) is 0 Å². The van der Waals surface area contributed by atoms with Crippen LogP contribution in [0.5, 0.6) is 0 Å². The van der Waals surface area contributed by atoms with Crippen molar-refractivity contribution >= 4 is 65.9 Å². The summed E-state index contributed by atoms with van der Waals surface area (Å²) < 4.78 is 19.1. The van der Waals surface area contributed by atoms with Crippen molar-refractivity contribution < 1.29 is 13.3 Å². The van der Waals surface area contributed by atoms with Crippen molar-refractivity contribution in [3.63, 3.8) is 0 Å². The SMILES string of the molecule is c1ccc(-c2nc(-c3ccc4c(c3)oc3ccccc34)nc(-c3ccc4oc5cccc(-c6nc(-c7ccccc7)c7oc8ccccc8c7n6)c5c4c3)n2)cc1. The van der Waals surface area contributed by atoms with E-state index >= 15 is 0 Å². The predicted molar refractivity (Wildman–Crippen MR) is 224 cm³/mol. The molecule has 0 atom stereocenters. The Morgan fingerprint density at radius 3 is 1.68 bits per heavy atom. The van der Waals surface area contributed by atoms with Gasteiger partial charge in [0.05, 0.1) is 0 Å². The summed E-state index contributed by atoms with van der Waals surface area (Å²) in [4.78, 5) is 25.5. The van der Waals surface area contributed by atoms with Gasteiger partial charge in [-0.15, -0.1) is 0 Å². The average molecular weight is 734 g/mol. The molecule has 0 fully saturated rings. The monoisotopic (exact) mass is 733 g/mol. The summed E-state index contributed by atoms with van der Waals surface area (Å²) in [7, 11) is 0. The van der Waals surface area contributed by atoms with E-state index in [9.17, 15) is 0 Å². The highest BCUT2D eigenvalue weighted by Gasteiger charge is 2.22. The summed E-state index contributed by atoms with van der Waals surface area (Å²) in [5.41, 5.74) is 10.3. The van der Waals surface area contributed by atoms with Gasteiger partial charge in [0.2, 0.25) is 0 Å². The molecule has 57 heavy (non-hydrogen) atoms. The normalized spacial score (nSPS) is 11.9. The van der Waals surface area contributed by atoms with E-state index in [-0.39, 0.29) is 0 Å². The third kappa shape index (κ3) is 5.04. The van der Waals surface area contributed by atoms with Gasteiger partial charge in [0.15, 0.2) is 28.9 Å². The molecule has 0 unspecified atom stereocenters. The molecule has 0 amide bonds. The molecule has 0 aliphatic rings. The first-order valence-corrected chi connectivity index (χ1v) is 18.7. The van der Waals surface area contributed by atoms with Crippen LogP contribution >= 0.6 is 0 Å². The fraction of sp³-hybridized carbons (Fsp3) is 0. The third-order valence-corrected chi connectivity index (χ3v) is 10.6. The summed E-state index contributed by atoms with van der Waals surface area (Å²) >= 11 is 0. The molecule has 0 saturated carbocycles. The topological polar surface area (TPSA) is 104 Å². The Morgan fingerprint density at radius 2 is 0.895 bits per heavy atom. The van der Waals surface area contributed by atoms with Gasteiger partial charge >= 0.3 is 0 Å². The van der Waals surface area contributed by atoms with Crippen LogP contribution in [-0.2, 0) is 0 Å². The van der Waals surface area contributed by atoms with Gasteiger partial charge in [-0.25, -0.2) is 24.9 Å². The fourth-order valence-corrected chi connectivity index (χ4v) is 7.87. The number of hydrogen-bond acceptors (Lipinski definition) is 8. The quantitative estimate of drug-likeness (QED) is 0.172. The van der Waals surface area contributed by atoms with Gasteiger partial charge in [0, 0.05) is 54.7 Å². The van der Waals surface area contributed by atoms with E-state index in [2.05, 4.69) is 18.2 Å². The van der Waals surface area contributed by atoms with Crippen molar-refractivity contribution in [2.24, 2.45) is 0 Å². The average Bonchev–Trinajstić information content (AvgIpc) is 3.97. The van der Waals surface area contributed by atoms with Crippen LogP contribution in [0.15, 0.2) is 177 Å². The molecule has 0 radical (unpaired) electrons. The van der Waals surface area contributed by atoms with Crippen LogP contribution < -0.4 is 0 Å². The lowest BCUT2D eigenvalue weighted by Crippen LogP contribution is -2.00. The van der Waals surface area contributed by atoms with Crippen LogP contribution in [0.2, 0.25) is 0 Å². The van der Waals surface area contributed by atoms with E-state index in [0.29, 0.717) is 28.9 Å². The molecule has 0 bridgehead atoms. The summed E-state index contributed by atoms with van der Waals surface area (Å²) in [6, 6.07) is 54.3. The number of benzene rings is 7. The highest BCUT2D eigenvalue weighted by Crippen LogP contribution is 2.41. The first-order chi connectivity index (χ1) is 28.2. The maximum absolute atomic E-state index is 6.48. The second kappa shape index (κ2) is 12.3. The Bertz CT molecular complexity index is 3530. The lowest BCUT2D eigenvalue weighted by molar-refractivity contribution is 0.667. The number of aromatic nitrogens is 5. The Balaban J connectivity index is 1.06. The number of furan rings is 3. The zero-order chi connectivity index (χ0) is 37.5. The number of fused-ring (bicyclic) bond motifs is 9. The molecule has 7 aromatic carbocycles. The second-order valence-corrected chi connectivity index (χ2v) is 14.0. The number of hydrogen-bond donors (Lipinski definition) is 0. The van der Waals surface area contributed by atoms with Crippen LogP contribution in [0, 0.1) is 0 Å². The zero-order valence-corrected chi connectivity index (χ0v) is 30.0. The number of rotatable bonds is 5. The van der Waals surface area contributed by atoms with Crippen molar-refractivity contribution in [3.8, 4) is 56.8 Å². The minimum atomic E-state index is 0.534. The van der Waals surface area contributed by atoms with Crippen LogP contribution in [-0.4, -0.2) is 24.9 Å². The van der Waals surface area contributed by atoms with Gasteiger partial charge < -0.3 is 13.3 Å². The maximum atomic E-state index is 6.48. The van der Waals surface area contributed by atoms with Gasteiger partial charge in [-0.1, -0.05) is 109 Å². The van der Waals surface area contributed by atoms with E-state index in [4.69, 9.17) is 38.2 Å². The Morgan fingerprint density at radius 1 is 0.316 bits per heavy atom. The van der Waals surface area contributed by atoms with E-state index < -0.39 is 0 Å². The van der Waals surface area contributed by atoms with E-state index in [1.54, 1.807) is 0 Å². The lowest BCUT2D eigenvalue weighted by atomic mass is 10.0. The molecule has 0 saturated heterocycles. The van der Waals surface area contributed by atoms with Gasteiger partial charge in [-0.2, -0.15) is 0 Å². The number of nitrogens with zero attached hydrogens (tertiary/aromatic N) is 5. The molecular formula is C49H27N5O3. The van der Waals surface area contributed by atoms with Crippen molar-refractivity contribution in [2.45, 2.75) is 0 Å². The van der Waals surface area contributed by atoms with Crippen molar-refractivity contribution in [2.75, 3.05) is 0 Å². The summed E-state index contributed by atoms with van der Waals surface area (Å²) in [6.07, 6.45) is 0. The Labute approximate surface area is 323 Å². The summed E-state index contributed by atoms with van der Waals surface area (Å²) in [6.45, 7) is 0. The molecule has 12 aromatic rings. The molecule has 8 heteroatoms. The van der Waals surface area contributed by atoms with Crippen LogP contribution in [0.3, 0.4) is 0 Å². The van der Waals surface area contributed by atoms with Crippen molar-refractivity contribution in [3.05, 3.63) is 164 Å². The predicted octanol–water partition coefficient (Wildman–Crippen LogP) is 12.7.